The number of nitrogens with two attached hydrogens (primary N) is 1. The molecule has 2 heterocycles. The van der Waals surface area contributed by atoms with Crippen LogP contribution in [0.1, 0.15) is 5.56 Å². The molecule has 0 aliphatic heterocycles. The topological polar surface area (TPSA) is 114 Å². The van der Waals surface area contributed by atoms with Crippen LogP contribution in [-0.4, -0.2) is 46.2 Å². The van der Waals surface area contributed by atoms with Crippen LogP contribution in [0.25, 0.3) is 11.2 Å². The number of benzene rings is 1. The SMILES string of the molecule is COc1nc(N)nc2c1ncn2CCOCP(C)(=O)OCc1cccc(F)c1. The van der Waals surface area contributed by atoms with E-state index in [4.69, 9.17) is 19.7 Å². The highest BCUT2D eigenvalue weighted by atomic mass is 31.2. The van der Waals surface area contributed by atoms with Crippen LogP contribution in [0.5, 0.6) is 5.88 Å². The molecule has 0 amide bonds. The summed E-state index contributed by atoms with van der Waals surface area (Å²) in [7, 11) is -1.51. The third-order valence-corrected chi connectivity index (χ3v) is 5.17. The number of anilines is 1. The van der Waals surface area contributed by atoms with Gasteiger partial charge < -0.3 is 24.3 Å². The number of imidazole rings is 1. The number of halogens is 1. The standard InChI is InChI=1S/C17H21FN5O4P/c1-25-16-14-15(21-17(19)22-16)23(10-20-14)6-7-26-11-28(2,24)27-9-12-4-3-5-13(18)8-12/h3-5,8,10H,6-7,9,11H2,1-2H3,(H2,19,21,22). The van der Waals surface area contributed by atoms with Crippen molar-refractivity contribution in [1.29, 1.82) is 0 Å². The second kappa shape index (κ2) is 8.64. The Bertz CT molecular complexity index is 1010. The Kier molecular flexibility index (Phi) is 6.23. The van der Waals surface area contributed by atoms with E-state index in [1.165, 1.54) is 25.9 Å². The van der Waals surface area contributed by atoms with E-state index in [0.717, 1.165) is 0 Å². The monoisotopic (exact) mass is 409 g/mol. The van der Waals surface area contributed by atoms with Gasteiger partial charge in [0.15, 0.2) is 11.2 Å². The third-order valence-electron chi connectivity index (χ3n) is 3.84. The van der Waals surface area contributed by atoms with Crippen molar-refractivity contribution in [2.75, 3.05) is 32.5 Å². The summed E-state index contributed by atoms with van der Waals surface area (Å²) in [5.41, 5.74) is 7.31. The molecule has 0 bridgehead atoms. The fourth-order valence-electron chi connectivity index (χ4n) is 2.51. The van der Waals surface area contributed by atoms with Gasteiger partial charge in [-0.1, -0.05) is 12.1 Å². The fraction of sp³-hybridized carbons (Fsp3) is 0.353. The lowest BCUT2D eigenvalue weighted by molar-refractivity contribution is 0.153. The Morgan fingerprint density at radius 2 is 2.14 bits per heavy atom. The molecular formula is C17H21FN5O4P. The van der Waals surface area contributed by atoms with E-state index >= 15 is 0 Å². The van der Waals surface area contributed by atoms with Crippen LogP contribution in [0.2, 0.25) is 0 Å². The Morgan fingerprint density at radius 3 is 2.89 bits per heavy atom. The third kappa shape index (κ3) is 5.03. The predicted molar refractivity (Wildman–Crippen MR) is 102 cm³/mol. The number of rotatable bonds is 9. The lowest BCUT2D eigenvalue weighted by Crippen LogP contribution is -2.08. The van der Waals surface area contributed by atoms with Gasteiger partial charge in [-0.3, -0.25) is 4.57 Å². The first-order valence-electron chi connectivity index (χ1n) is 8.43. The molecule has 0 aliphatic carbocycles. The smallest absolute Gasteiger partial charge is 0.246 e. The van der Waals surface area contributed by atoms with Crippen LogP contribution in [0.3, 0.4) is 0 Å². The normalized spacial score (nSPS) is 13.5. The van der Waals surface area contributed by atoms with E-state index in [1.807, 2.05) is 0 Å². The van der Waals surface area contributed by atoms with E-state index < -0.39 is 7.37 Å². The maximum absolute atomic E-state index is 13.2. The molecule has 150 valence electrons. The van der Waals surface area contributed by atoms with Gasteiger partial charge in [0.25, 0.3) is 0 Å². The van der Waals surface area contributed by atoms with Gasteiger partial charge in [0, 0.05) is 13.2 Å². The summed E-state index contributed by atoms with van der Waals surface area (Å²) in [6, 6.07) is 5.96. The molecule has 2 N–H and O–H groups in total. The summed E-state index contributed by atoms with van der Waals surface area (Å²) in [6.07, 6.45) is 1.52. The van der Waals surface area contributed by atoms with Crippen molar-refractivity contribution < 1.29 is 23.0 Å². The minimum atomic E-state index is -2.98. The van der Waals surface area contributed by atoms with Crippen LogP contribution in [0.4, 0.5) is 10.3 Å². The molecule has 0 saturated heterocycles. The lowest BCUT2D eigenvalue weighted by Gasteiger charge is -2.14. The number of methoxy groups -OCH3 is 1. The first-order chi connectivity index (χ1) is 13.4. The molecule has 2 aromatic heterocycles. The van der Waals surface area contributed by atoms with Crippen molar-refractivity contribution in [3.8, 4) is 5.88 Å². The van der Waals surface area contributed by atoms with Crippen molar-refractivity contribution in [2.24, 2.45) is 0 Å². The van der Waals surface area contributed by atoms with E-state index in [1.54, 1.807) is 23.0 Å². The molecule has 1 aromatic carbocycles. The highest BCUT2D eigenvalue weighted by molar-refractivity contribution is 7.57. The largest absolute Gasteiger partial charge is 0.479 e. The summed E-state index contributed by atoms with van der Waals surface area (Å²) in [6.45, 7) is 2.22. The Balaban J connectivity index is 1.52. The minimum absolute atomic E-state index is 0.0526. The molecule has 9 nitrogen and oxygen atoms in total. The average Bonchev–Trinajstić information content (AvgIpc) is 3.06. The summed E-state index contributed by atoms with van der Waals surface area (Å²) in [5, 5.41) is 0. The molecule has 3 aromatic rings. The van der Waals surface area contributed by atoms with E-state index in [0.29, 0.717) is 29.2 Å². The van der Waals surface area contributed by atoms with Gasteiger partial charge in [-0.05, 0) is 17.7 Å². The molecule has 0 fully saturated rings. The summed E-state index contributed by atoms with van der Waals surface area (Å²) >= 11 is 0. The van der Waals surface area contributed by atoms with Crippen LogP contribution in [-0.2, 0) is 27.0 Å². The highest BCUT2D eigenvalue weighted by Crippen LogP contribution is 2.43. The predicted octanol–water partition coefficient (Wildman–Crippen LogP) is 2.66. The second-order valence-corrected chi connectivity index (χ2v) is 8.70. The van der Waals surface area contributed by atoms with Crippen molar-refractivity contribution in [3.63, 3.8) is 0 Å². The minimum Gasteiger partial charge on any atom is -0.479 e. The van der Waals surface area contributed by atoms with Gasteiger partial charge in [-0.15, -0.1) is 0 Å². The first-order valence-corrected chi connectivity index (χ1v) is 10.7. The Hall–Kier alpha value is -2.55. The summed E-state index contributed by atoms with van der Waals surface area (Å²) in [4.78, 5) is 12.4. The van der Waals surface area contributed by atoms with Crippen molar-refractivity contribution in [1.82, 2.24) is 19.5 Å². The lowest BCUT2D eigenvalue weighted by atomic mass is 10.2. The molecule has 0 radical (unpaired) electrons. The van der Waals surface area contributed by atoms with Gasteiger partial charge in [-0.25, -0.2) is 9.37 Å². The van der Waals surface area contributed by atoms with Crippen LogP contribution < -0.4 is 10.5 Å². The van der Waals surface area contributed by atoms with Crippen molar-refractivity contribution in [2.45, 2.75) is 13.2 Å². The molecule has 0 saturated carbocycles. The van der Waals surface area contributed by atoms with Crippen LogP contribution in [0.15, 0.2) is 30.6 Å². The molecule has 0 spiro atoms. The Labute approximate surface area is 161 Å². The molecule has 0 aliphatic rings. The number of hydrogen-bond acceptors (Lipinski definition) is 8. The summed E-state index contributed by atoms with van der Waals surface area (Å²) < 4.78 is 43.4. The van der Waals surface area contributed by atoms with Crippen molar-refractivity contribution >= 4 is 24.5 Å². The quantitative estimate of drug-likeness (QED) is 0.424. The van der Waals surface area contributed by atoms with Gasteiger partial charge in [0.1, 0.15) is 12.2 Å². The maximum atomic E-state index is 13.2. The van der Waals surface area contributed by atoms with E-state index in [-0.39, 0.29) is 31.3 Å². The van der Waals surface area contributed by atoms with Gasteiger partial charge in [0.05, 0.1) is 26.7 Å². The number of ether oxygens (including phenoxy) is 2. The van der Waals surface area contributed by atoms with Crippen LogP contribution in [0, 0.1) is 5.82 Å². The molecule has 28 heavy (non-hydrogen) atoms. The fourth-order valence-corrected chi connectivity index (χ4v) is 3.47. The second-order valence-electron chi connectivity index (χ2n) is 6.16. The van der Waals surface area contributed by atoms with Gasteiger partial charge in [-0.2, -0.15) is 9.97 Å². The number of nitrogens with zero attached hydrogens (tertiary/aromatic N) is 4. The van der Waals surface area contributed by atoms with Crippen molar-refractivity contribution in [3.05, 3.63) is 42.0 Å². The highest BCUT2D eigenvalue weighted by Gasteiger charge is 2.17. The molecule has 3 rings (SSSR count). The summed E-state index contributed by atoms with van der Waals surface area (Å²) in [5.74, 6) is 0.0127. The number of nitrogen functional groups attached to an aromatic ring is 1. The number of fused-ring (bicyclic) bond motifs is 1. The van der Waals surface area contributed by atoms with Gasteiger partial charge >= 0.3 is 0 Å². The first kappa shape index (κ1) is 20.2. The average molecular weight is 409 g/mol. The molecule has 1 unspecified atom stereocenters. The molecular weight excluding hydrogens is 388 g/mol. The zero-order valence-corrected chi connectivity index (χ0v) is 16.4. The zero-order valence-electron chi connectivity index (χ0n) is 15.5. The van der Waals surface area contributed by atoms with E-state index in [2.05, 4.69) is 15.0 Å². The van der Waals surface area contributed by atoms with E-state index in [9.17, 15) is 8.96 Å². The Morgan fingerprint density at radius 1 is 1.32 bits per heavy atom. The number of hydrogen-bond donors (Lipinski definition) is 1. The maximum Gasteiger partial charge on any atom is 0.246 e. The molecule has 11 heteroatoms. The zero-order chi connectivity index (χ0) is 20.1. The van der Waals surface area contributed by atoms with Gasteiger partial charge in [0.2, 0.25) is 19.2 Å². The van der Waals surface area contributed by atoms with Crippen LogP contribution >= 0.6 is 7.37 Å². The molecule has 1 atom stereocenters. The number of aromatic nitrogens is 4.